The molecule has 0 bridgehead atoms. The molecule has 2 aromatic carbocycles. The fraction of sp³-hybridized carbons (Fsp3) is 0.316. The third-order valence-electron chi connectivity index (χ3n) is 4.12. The van der Waals surface area contributed by atoms with Crippen LogP contribution in [0.4, 0.5) is 5.69 Å². The maximum absolute atomic E-state index is 12.8. The minimum atomic E-state index is -3.60. The molecule has 7 heteroatoms. The van der Waals surface area contributed by atoms with Gasteiger partial charge in [-0.05, 0) is 48.9 Å². The average molecular weight is 376 g/mol. The predicted octanol–water partition coefficient (Wildman–Crippen LogP) is 3.29. The minimum Gasteiger partial charge on any atom is -0.497 e. The molecule has 0 aliphatic rings. The molecule has 140 valence electrons. The molecule has 0 saturated carbocycles. The van der Waals surface area contributed by atoms with Gasteiger partial charge in [-0.2, -0.15) is 4.31 Å². The van der Waals surface area contributed by atoms with Gasteiger partial charge >= 0.3 is 0 Å². The van der Waals surface area contributed by atoms with Crippen LogP contribution in [0.2, 0.25) is 0 Å². The molecule has 1 N–H and O–H groups in total. The monoisotopic (exact) mass is 376 g/mol. The topological polar surface area (TPSA) is 75.7 Å². The summed E-state index contributed by atoms with van der Waals surface area (Å²) in [6.45, 7) is 6.12. The molecule has 0 aromatic heterocycles. The van der Waals surface area contributed by atoms with Crippen LogP contribution in [0.25, 0.3) is 0 Å². The van der Waals surface area contributed by atoms with Crippen molar-refractivity contribution in [2.24, 2.45) is 0 Å². The molecule has 0 unspecified atom stereocenters. The molecule has 0 radical (unpaired) electrons. The van der Waals surface area contributed by atoms with Gasteiger partial charge in [0.25, 0.3) is 5.91 Å². The fourth-order valence-electron chi connectivity index (χ4n) is 2.60. The molecular weight excluding hydrogens is 352 g/mol. The molecule has 0 aliphatic carbocycles. The second kappa shape index (κ2) is 8.33. The third-order valence-corrected chi connectivity index (χ3v) is 6.31. The number of nitrogens with zero attached hydrogens (tertiary/aromatic N) is 1. The van der Waals surface area contributed by atoms with Gasteiger partial charge < -0.3 is 10.1 Å². The quantitative estimate of drug-likeness (QED) is 0.805. The Morgan fingerprint density at radius 2 is 1.69 bits per heavy atom. The number of carbonyl (C=O) groups excluding carboxylic acids is 1. The lowest BCUT2D eigenvalue weighted by molar-refractivity contribution is 0.102. The van der Waals surface area contributed by atoms with Crippen LogP contribution in [0, 0.1) is 6.92 Å². The zero-order valence-electron chi connectivity index (χ0n) is 15.4. The number of benzene rings is 2. The Kier molecular flexibility index (Phi) is 6.39. The number of ether oxygens (including phenoxy) is 1. The third kappa shape index (κ3) is 4.23. The van der Waals surface area contributed by atoms with Crippen molar-refractivity contribution in [3.63, 3.8) is 0 Å². The van der Waals surface area contributed by atoms with Gasteiger partial charge in [0.1, 0.15) is 5.75 Å². The van der Waals surface area contributed by atoms with E-state index in [0.29, 0.717) is 35.7 Å². The van der Waals surface area contributed by atoms with E-state index in [1.54, 1.807) is 64.3 Å². The van der Waals surface area contributed by atoms with E-state index in [1.165, 1.54) is 10.4 Å². The first-order chi connectivity index (χ1) is 12.3. The number of methoxy groups -OCH3 is 1. The highest BCUT2D eigenvalue weighted by molar-refractivity contribution is 7.89. The maximum Gasteiger partial charge on any atom is 0.255 e. The van der Waals surface area contributed by atoms with E-state index in [4.69, 9.17) is 4.74 Å². The minimum absolute atomic E-state index is 0.203. The molecule has 2 aromatic rings. The van der Waals surface area contributed by atoms with Crippen molar-refractivity contribution < 1.29 is 17.9 Å². The largest absolute Gasteiger partial charge is 0.497 e. The average Bonchev–Trinajstić information content (AvgIpc) is 2.64. The Hall–Kier alpha value is -2.38. The Balaban J connectivity index is 2.30. The van der Waals surface area contributed by atoms with Crippen molar-refractivity contribution >= 4 is 21.6 Å². The summed E-state index contributed by atoms with van der Waals surface area (Å²) < 4.78 is 32.1. The number of anilines is 1. The maximum atomic E-state index is 12.8. The van der Waals surface area contributed by atoms with E-state index in [-0.39, 0.29) is 10.8 Å². The zero-order chi connectivity index (χ0) is 19.3. The van der Waals surface area contributed by atoms with Crippen LogP contribution >= 0.6 is 0 Å². The Bertz CT molecular complexity index is 873. The van der Waals surface area contributed by atoms with Crippen LogP contribution in [0.3, 0.4) is 0 Å². The van der Waals surface area contributed by atoms with Gasteiger partial charge in [0.2, 0.25) is 10.0 Å². The first-order valence-corrected chi connectivity index (χ1v) is 9.83. The number of rotatable bonds is 7. The number of hydrogen-bond acceptors (Lipinski definition) is 4. The summed E-state index contributed by atoms with van der Waals surface area (Å²) >= 11 is 0. The molecule has 26 heavy (non-hydrogen) atoms. The van der Waals surface area contributed by atoms with Gasteiger partial charge in [0.05, 0.1) is 12.0 Å². The smallest absolute Gasteiger partial charge is 0.255 e. The summed E-state index contributed by atoms with van der Waals surface area (Å²) in [5.74, 6) is 0.340. The Labute approximate surface area is 154 Å². The molecule has 0 aliphatic heterocycles. The highest BCUT2D eigenvalue weighted by atomic mass is 32.2. The highest BCUT2D eigenvalue weighted by Gasteiger charge is 2.24. The van der Waals surface area contributed by atoms with Crippen LogP contribution in [0.5, 0.6) is 5.75 Å². The van der Waals surface area contributed by atoms with Gasteiger partial charge in [-0.25, -0.2) is 8.42 Å². The number of nitrogens with one attached hydrogen (secondary N) is 1. The van der Waals surface area contributed by atoms with Crippen molar-refractivity contribution in [3.05, 3.63) is 53.6 Å². The molecule has 0 fully saturated rings. The van der Waals surface area contributed by atoms with E-state index in [1.807, 2.05) is 0 Å². The first kappa shape index (κ1) is 19.9. The lowest BCUT2D eigenvalue weighted by Crippen LogP contribution is -2.31. The van der Waals surface area contributed by atoms with Gasteiger partial charge in [-0.15, -0.1) is 0 Å². The number of sulfonamides is 1. The van der Waals surface area contributed by atoms with Gasteiger partial charge in [0.15, 0.2) is 0 Å². The van der Waals surface area contributed by atoms with Crippen LogP contribution in [0.15, 0.2) is 47.4 Å². The highest BCUT2D eigenvalue weighted by Crippen LogP contribution is 2.24. The van der Waals surface area contributed by atoms with Crippen molar-refractivity contribution in [1.82, 2.24) is 4.31 Å². The van der Waals surface area contributed by atoms with Crippen LogP contribution in [-0.4, -0.2) is 38.8 Å². The summed E-state index contributed by atoms with van der Waals surface area (Å²) in [7, 11) is -2.04. The van der Waals surface area contributed by atoms with Crippen molar-refractivity contribution in [2.75, 3.05) is 25.5 Å². The molecule has 0 saturated heterocycles. The van der Waals surface area contributed by atoms with Crippen LogP contribution in [0.1, 0.15) is 29.8 Å². The summed E-state index contributed by atoms with van der Waals surface area (Å²) in [5.41, 5.74) is 1.53. The van der Waals surface area contributed by atoms with Gasteiger partial charge in [-0.3, -0.25) is 4.79 Å². The molecule has 0 atom stereocenters. The molecule has 6 nitrogen and oxygen atoms in total. The van der Waals surface area contributed by atoms with E-state index >= 15 is 0 Å². The van der Waals surface area contributed by atoms with Gasteiger partial charge in [0, 0.05) is 24.3 Å². The standard InChI is InChI=1S/C19H24N2O4S/c1-5-21(6-2)26(23,24)18-13-16(10-7-14(18)3)20-19(22)15-8-11-17(25-4)12-9-15/h7-13H,5-6H2,1-4H3,(H,20,22). The number of amides is 1. The summed E-state index contributed by atoms with van der Waals surface area (Å²) in [6, 6.07) is 11.6. The molecule has 0 heterocycles. The molecule has 0 spiro atoms. The van der Waals surface area contributed by atoms with E-state index < -0.39 is 10.0 Å². The summed E-state index contributed by atoms with van der Waals surface area (Å²) in [4.78, 5) is 12.6. The Morgan fingerprint density at radius 1 is 1.08 bits per heavy atom. The second-order valence-electron chi connectivity index (χ2n) is 5.75. The van der Waals surface area contributed by atoms with Crippen LogP contribution in [-0.2, 0) is 10.0 Å². The number of carbonyl (C=O) groups is 1. The van der Waals surface area contributed by atoms with E-state index in [2.05, 4.69) is 5.32 Å². The van der Waals surface area contributed by atoms with Crippen molar-refractivity contribution in [3.8, 4) is 5.75 Å². The lowest BCUT2D eigenvalue weighted by atomic mass is 10.2. The summed E-state index contributed by atoms with van der Waals surface area (Å²) in [6.07, 6.45) is 0. The first-order valence-electron chi connectivity index (χ1n) is 8.39. The fourth-order valence-corrected chi connectivity index (χ4v) is 4.31. The molecule has 1 amide bonds. The Morgan fingerprint density at radius 3 is 2.23 bits per heavy atom. The van der Waals surface area contributed by atoms with E-state index in [0.717, 1.165) is 0 Å². The lowest BCUT2D eigenvalue weighted by Gasteiger charge is -2.20. The molecule has 2 rings (SSSR count). The number of aryl methyl sites for hydroxylation is 1. The zero-order valence-corrected chi connectivity index (χ0v) is 16.3. The van der Waals surface area contributed by atoms with Crippen LogP contribution < -0.4 is 10.1 Å². The van der Waals surface area contributed by atoms with Crippen molar-refractivity contribution in [2.45, 2.75) is 25.7 Å². The predicted molar refractivity (Wildman–Crippen MR) is 102 cm³/mol. The normalized spacial score (nSPS) is 11.4. The second-order valence-corrected chi connectivity index (χ2v) is 7.66. The number of hydrogen-bond donors (Lipinski definition) is 1. The van der Waals surface area contributed by atoms with Crippen molar-refractivity contribution in [1.29, 1.82) is 0 Å². The summed E-state index contributed by atoms with van der Waals surface area (Å²) in [5, 5.41) is 2.75. The molecular formula is C19H24N2O4S. The SMILES string of the molecule is CCN(CC)S(=O)(=O)c1cc(NC(=O)c2ccc(OC)cc2)ccc1C. The van der Waals surface area contributed by atoms with Gasteiger partial charge in [-0.1, -0.05) is 19.9 Å². The van der Waals surface area contributed by atoms with E-state index in [9.17, 15) is 13.2 Å².